The molecule has 0 spiro atoms. The van der Waals surface area contributed by atoms with Crippen LogP contribution in [-0.2, 0) is 5.41 Å². The van der Waals surface area contributed by atoms with Gasteiger partial charge in [0.25, 0.3) is 0 Å². The highest BCUT2D eigenvalue weighted by molar-refractivity contribution is 5.82. The second-order valence-corrected chi connectivity index (χ2v) is 9.71. The molecule has 0 fully saturated rings. The summed E-state index contributed by atoms with van der Waals surface area (Å²) >= 11 is 0. The van der Waals surface area contributed by atoms with Crippen molar-refractivity contribution in [1.82, 2.24) is 0 Å². The molecule has 4 rings (SSSR count). The predicted molar refractivity (Wildman–Crippen MR) is 118 cm³/mol. The molecule has 0 N–H and O–H groups in total. The van der Waals surface area contributed by atoms with Gasteiger partial charge in [0.2, 0.25) is 0 Å². The Hall–Kier alpha value is -2.02. The number of fused-ring (bicyclic) bond motifs is 3. The van der Waals surface area contributed by atoms with Crippen LogP contribution in [0.25, 0.3) is 5.57 Å². The minimum Gasteiger partial charge on any atom is -0.357 e. The number of para-hydroxylation sites is 1. The summed E-state index contributed by atoms with van der Waals surface area (Å²) in [6, 6.07) is 12.4. The zero-order valence-electron chi connectivity index (χ0n) is 20.7. The molecular weight excluding hydrogens is 326 g/mol. The molecular formula is C26H33N. The average Bonchev–Trinajstić information content (AvgIpc) is 2.99. The van der Waals surface area contributed by atoms with Crippen molar-refractivity contribution in [1.29, 1.82) is 0 Å². The van der Waals surface area contributed by atoms with E-state index in [4.69, 9.17) is 4.11 Å². The Morgan fingerprint density at radius 2 is 1.67 bits per heavy atom. The Kier molecular flexibility index (Phi) is 3.05. The number of anilines is 1. The lowest BCUT2D eigenvalue weighted by Crippen LogP contribution is -2.63. The summed E-state index contributed by atoms with van der Waals surface area (Å²) in [7, 11) is 0. The van der Waals surface area contributed by atoms with E-state index in [-0.39, 0.29) is 16.4 Å². The summed E-state index contributed by atoms with van der Waals surface area (Å²) in [5, 5.41) is 0. The molecule has 0 aliphatic carbocycles. The van der Waals surface area contributed by atoms with Gasteiger partial charge in [-0.05, 0) is 55.3 Å². The molecule has 1 nitrogen and oxygen atoms in total. The minimum absolute atomic E-state index is 0.0119. The van der Waals surface area contributed by atoms with Crippen LogP contribution in [0, 0.1) is 26.1 Å². The zero-order chi connectivity index (χ0) is 22.3. The SMILES string of the molecule is [2H]C([2H])([2H])c1cc(C)cc(C2=CC3(C)N(C2)c2c(C)cccc2C(C)(C)C3(C)C)c1. The fourth-order valence-corrected chi connectivity index (χ4v) is 5.26. The van der Waals surface area contributed by atoms with Crippen molar-refractivity contribution in [2.24, 2.45) is 5.41 Å². The number of hydrogen-bond acceptors (Lipinski definition) is 1. The van der Waals surface area contributed by atoms with Gasteiger partial charge < -0.3 is 4.90 Å². The maximum atomic E-state index is 7.88. The van der Waals surface area contributed by atoms with Crippen LogP contribution in [0.2, 0.25) is 0 Å². The average molecular weight is 363 g/mol. The summed E-state index contributed by atoms with van der Waals surface area (Å²) < 4.78 is 23.6. The third kappa shape index (κ3) is 2.30. The normalized spacial score (nSPS) is 27.1. The summed E-state index contributed by atoms with van der Waals surface area (Å²) in [5.41, 5.74) is 7.47. The van der Waals surface area contributed by atoms with E-state index in [2.05, 4.69) is 76.8 Å². The van der Waals surface area contributed by atoms with Crippen LogP contribution in [0.4, 0.5) is 5.69 Å². The van der Waals surface area contributed by atoms with Crippen molar-refractivity contribution in [3.8, 4) is 0 Å². The first-order valence-electron chi connectivity index (χ1n) is 11.4. The summed E-state index contributed by atoms with van der Waals surface area (Å²) in [6.07, 6.45) is 2.40. The molecule has 0 bridgehead atoms. The first kappa shape index (κ1) is 15.0. The highest BCUT2D eigenvalue weighted by Gasteiger charge is 2.59. The molecule has 1 heteroatoms. The molecule has 0 amide bonds. The van der Waals surface area contributed by atoms with Gasteiger partial charge in [-0.2, -0.15) is 0 Å². The van der Waals surface area contributed by atoms with Crippen molar-refractivity contribution in [3.63, 3.8) is 0 Å². The first-order chi connectivity index (χ1) is 13.7. The highest BCUT2D eigenvalue weighted by Crippen LogP contribution is 2.61. The van der Waals surface area contributed by atoms with Crippen molar-refractivity contribution < 1.29 is 4.11 Å². The number of benzene rings is 2. The third-order valence-corrected chi connectivity index (χ3v) is 7.80. The van der Waals surface area contributed by atoms with E-state index in [1.807, 2.05) is 13.0 Å². The van der Waals surface area contributed by atoms with Crippen LogP contribution >= 0.6 is 0 Å². The largest absolute Gasteiger partial charge is 0.357 e. The lowest BCUT2D eigenvalue weighted by Gasteiger charge is -2.61. The molecule has 1 atom stereocenters. The van der Waals surface area contributed by atoms with Gasteiger partial charge in [0.15, 0.2) is 0 Å². The van der Waals surface area contributed by atoms with Crippen LogP contribution in [0.1, 0.15) is 66.5 Å². The van der Waals surface area contributed by atoms with Gasteiger partial charge in [-0.15, -0.1) is 0 Å². The first-order valence-corrected chi connectivity index (χ1v) is 9.92. The lowest BCUT2D eigenvalue weighted by molar-refractivity contribution is 0.102. The van der Waals surface area contributed by atoms with Gasteiger partial charge in [0.1, 0.15) is 0 Å². The van der Waals surface area contributed by atoms with Crippen LogP contribution in [-0.4, -0.2) is 12.1 Å². The van der Waals surface area contributed by atoms with Gasteiger partial charge in [0, 0.05) is 21.8 Å². The molecule has 2 aromatic carbocycles. The van der Waals surface area contributed by atoms with Gasteiger partial charge in [-0.3, -0.25) is 0 Å². The molecule has 142 valence electrons. The molecule has 0 saturated carbocycles. The standard InChI is InChI=1S/C26H33N/c1-17-12-18(2)14-20(13-17)21-15-26(8)25(6,7)24(4,5)22-11-9-10-19(3)23(22)27(26)16-21/h9-15H,16H2,1-8H3/i1D3. The van der Waals surface area contributed by atoms with Crippen molar-refractivity contribution >= 4 is 11.3 Å². The van der Waals surface area contributed by atoms with E-state index >= 15 is 0 Å². The minimum atomic E-state index is -2.10. The third-order valence-electron chi connectivity index (χ3n) is 7.80. The Balaban J connectivity index is 1.93. The lowest BCUT2D eigenvalue weighted by atomic mass is 9.52. The second kappa shape index (κ2) is 5.50. The van der Waals surface area contributed by atoms with E-state index in [0.29, 0.717) is 5.56 Å². The molecule has 2 aliphatic rings. The predicted octanol–water partition coefficient (Wildman–Crippen LogP) is 6.59. The topological polar surface area (TPSA) is 3.24 Å². The van der Waals surface area contributed by atoms with Gasteiger partial charge >= 0.3 is 0 Å². The number of rotatable bonds is 1. The number of nitrogens with zero attached hydrogens (tertiary/aromatic N) is 1. The van der Waals surface area contributed by atoms with Crippen molar-refractivity contribution in [3.05, 3.63) is 70.3 Å². The summed E-state index contributed by atoms with van der Waals surface area (Å²) in [6.45, 7) is 14.7. The van der Waals surface area contributed by atoms with Crippen LogP contribution in [0.15, 0.2) is 42.5 Å². The molecule has 1 unspecified atom stereocenters. The zero-order valence-corrected chi connectivity index (χ0v) is 17.7. The Labute approximate surface area is 169 Å². The fraction of sp³-hybridized carbons (Fsp3) is 0.462. The molecule has 2 heterocycles. The van der Waals surface area contributed by atoms with Crippen molar-refractivity contribution in [2.45, 2.75) is 66.3 Å². The Morgan fingerprint density at radius 1 is 0.963 bits per heavy atom. The molecule has 0 radical (unpaired) electrons. The smallest absolute Gasteiger partial charge is 0.0626 e. The quantitative estimate of drug-likeness (QED) is 0.553. The molecule has 0 saturated heterocycles. The molecule has 2 aromatic rings. The van der Waals surface area contributed by atoms with Crippen LogP contribution < -0.4 is 4.90 Å². The van der Waals surface area contributed by atoms with Crippen LogP contribution in [0.5, 0.6) is 0 Å². The summed E-state index contributed by atoms with van der Waals surface area (Å²) in [4.78, 5) is 2.55. The van der Waals surface area contributed by atoms with E-state index in [0.717, 1.165) is 17.7 Å². The van der Waals surface area contributed by atoms with E-state index < -0.39 is 6.85 Å². The van der Waals surface area contributed by atoms with Gasteiger partial charge in [0.05, 0.1) is 5.54 Å². The Bertz CT molecular complexity index is 1060. The van der Waals surface area contributed by atoms with E-state index in [1.54, 1.807) is 6.07 Å². The van der Waals surface area contributed by atoms with Gasteiger partial charge in [-0.1, -0.05) is 81.3 Å². The maximum absolute atomic E-state index is 7.88. The summed E-state index contributed by atoms with van der Waals surface area (Å²) in [5.74, 6) is 0. The van der Waals surface area contributed by atoms with E-state index in [1.165, 1.54) is 22.4 Å². The maximum Gasteiger partial charge on any atom is 0.0626 e. The fourth-order valence-electron chi connectivity index (χ4n) is 5.26. The van der Waals surface area contributed by atoms with Gasteiger partial charge in [-0.25, -0.2) is 0 Å². The number of hydrogen-bond donors (Lipinski definition) is 0. The van der Waals surface area contributed by atoms with Crippen LogP contribution in [0.3, 0.4) is 0 Å². The van der Waals surface area contributed by atoms with Crippen molar-refractivity contribution in [2.75, 3.05) is 11.4 Å². The monoisotopic (exact) mass is 362 g/mol. The molecule has 2 aliphatic heterocycles. The molecule has 27 heavy (non-hydrogen) atoms. The Morgan fingerprint density at radius 3 is 2.37 bits per heavy atom. The second-order valence-electron chi connectivity index (χ2n) is 9.71. The molecule has 0 aromatic heterocycles. The number of aryl methyl sites for hydroxylation is 3. The highest BCUT2D eigenvalue weighted by atomic mass is 15.2. The van der Waals surface area contributed by atoms with E-state index in [9.17, 15) is 0 Å².